The molecule has 1 aromatic carbocycles. The molecule has 36 heavy (non-hydrogen) atoms. The van der Waals surface area contributed by atoms with Gasteiger partial charge in [-0.3, -0.25) is 0 Å². The quantitative estimate of drug-likeness (QED) is 0.527. The second-order valence-electron chi connectivity index (χ2n) is 9.39. The van der Waals surface area contributed by atoms with E-state index < -0.39 is 0 Å². The highest BCUT2D eigenvalue weighted by Gasteiger charge is 2.21. The molecule has 3 aromatic rings. The number of ether oxygens (including phenoxy) is 2. The number of nitrogens with zero attached hydrogens (tertiary/aromatic N) is 4. The van der Waals surface area contributed by atoms with E-state index in [1.807, 2.05) is 30.0 Å². The number of allylic oxidation sites excluding steroid dienone is 3. The van der Waals surface area contributed by atoms with Gasteiger partial charge in [0.1, 0.15) is 29.9 Å². The minimum absolute atomic E-state index is 0.184. The average Bonchev–Trinajstić information content (AvgIpc) is 3.39. The number of thioether (sulfide) groups is 1. The molecule has 0 saturated carbocycles. The summed E-state index contributed by atoms with van der Waals surface area (Å²) in [6, 6.07) is 10.3. The zero-order valence-corrected chi connectivity index (χ0v) is 21.0. The fourth-order valence-electron chi connectivity index (χ4n) is 5.13. The first kappa shape index (κ1) is 23.1. The number of rotatable bonds is 5. The molecule has 0 amide bonds. The van der Waals surface area contributed by atoms with Crippen molar-refractivity contribution in [2.24, 2.45) is 0 Å². The third kappa shape index (κ3) is 4.73. The lowest BCUT2D eigenvalue weighted by Gasteiger charge is -2.31. The van der Waals surface area contributed by atoms with Crippen molar-refractivity contribution < 1.29 is 9.47 Å². The lowest BCUT2D eigenvalue weighted by molar-refractivity contribution is 0.0551. The van der Waals surface area contributed by atoms with Crippen molar-refractivity contribution in [3.05, 3.63) is 65.8 Å². The summed E-state index contributed by atoms with van der Waals surface area (Å²) in [5.41, 5.74) is 5.48. The smallest absolute Gasteiger partial charge is 0.141 e. The highest BCUT2D eigenvalue weighted by molar-refractivity contribution is 7.99. The van der Waals surface area contributed by atoms with Crippen molar-refractivity contribution in [1.29, 1.82) is 5.26 Å². The summed E-state index contributed by atoms with van der Waals surface area (Å²) in [5, 5.41) is 10.8. The van der Waals surface area contributed by atoms with Gasteiger partial charge >= 0.3 is 0 Å². The zero-order chi connectivity index (χ0) is 24.3. The summed E-state index contributed by atoms with van der Waals surface area (Å²) >= 11 is 1.96. The minimum Gasteiger partial charge on any atom is -0.489 e. The van der Waals surface area contributed by atoms with Gasteiger partial charge in [0.15, 0.2) is 0 Å². The Kier molecular flexibility index (Phi) is 6.67. The molecule has 2 fully saturated rings. The van der Waals surface area contributed by atoms with E-state index in [0.29, 0.717) is 11.3 Å². The molecule has 2 saturated heterocycles. The molecule has 1 unspecified atom stereocenters. The second-order valence-corrected chi connectivity index (χ2v) is 10.6. The van der Waals surface area contributed by atoms with Crippen LogP contribution in [0.3, 0.4) is 0 Å². The van der Waals surface area contributed by atoms with Crippen LogP contribution in [-0.2, 0) is 4.74 Å². The van der Waals surface area contributed by atoms with Gasteiger partial charge in [-0.05, 0) is 61.1 Å². The van der Waals surface area contributed by atoms with E-state index in [1.165, 1.54) is 5.70 Å². The number of hydrogen-bond donors (Lipinski definition) is 1. The Morgan fingerprint density at radius 1 is 1.14 bits per heavy atom. The normalized spacial score (nSPS) is 20.8. The molecule has 2 aliphatic heterocycles. The molecule has 3 aliphatic rings. The van der Waals surface area contributed by atoms with Crippen molar-refractivity contribution in [2.45, 2.75) is 31.3 Å². The molecule has 0 bridgehead atoms. The van der Waals surface area contributed by atoms with E-state index in [9.17, 15) is 5.26 Å². The van der Waals surface area contributed by atoms with Crippen LogP contribution in [0.4, 0.5) is 0 Å². The molecule has 4 heterocycles. The Morgan fingerprint density at radius 3 is 2.78 bits per heavy atom. The number of hydrogen-bond acceptors (Lipinski definition) is 7. The zero-order valence-electron chi connectivity index (χ0n) is 20.2. The number of aromatic nitrogens is 3. The van der Waals surface area contributed by atoms with Crippen LogP contribution in [0.2, 0.25) is 0 Å². The molecular weight excluding hydrogens is 470 g/mol. The molecule has 184 valence electrons. The molecule has 1 aliphatic carbocycles. The molecule has 0 spiro atoms. The highest BCUT2D eigenvalue weighted by atomic mass is 32.2. The maximum atomic E-state index is 9.83. The fourth-order valence-corrected chi connectivity index (χ4v) is 6.19. The molecule has 7 nitrogen and oxygen atoms in total. The molecule has 0 radical (unpaired) electrons. The van der Waals surface area contributed by atoms with Gasteiger partial charge in [-0.2, -0.15) is 17.0 Å². The van der Waals surface area contributed by atoms with Crippen molar-refractivity contribution in [3.8, 4) is 23.1 Å². The van der Waals surface area contributed by atoms with Crippen LogP contribution in [-0.4, -0.2) is 63.8 Å². The van der Waals surface area contributed by atoms with Crippen LogP contribution < -0.4 is 4.74 Å². The number of aromatic amines is 1. The van der Waals surface area contributed by atoms with Crippen LogP contribution >= 0.6 is 11.8 Å². The van der Waals surface area contributed by atoms with Gasteiger partial charge in [0.2, 0.25) is 0 Å². The lowest BCUT2D eigenvalue weighted by atomic mass is 9.95. The van der Waals surface area contributed by atoms with E-state index in [-0.39, 0.29) is 12.0 Å². The SMILES string of the molecule is N#Cc1cc(-c2ncnc3[nH]c(C4C=CC(N5CCOCC5)=CC4)cc23)ccc1OC1CCSCC1. The summed E-state index contributed by atoms with van der Waals surface area (Å²) in [6.45, 7) is 3.47. The van der Waals surface area contributed by atoms with Crippen molar-refractivity contribution in [1.82, 2.24) is 19.9 Å². The molecule has 1 N–H and O–H groups in total. The predicted octanol–water partition coefficient (Wildman–Crippen LogP) is 5.03. The van der Waals surface area contributed by atoms with E-state index >= 15 is 0 Å². The van der Waals surface area contributed by atoms with E-state index in [0.717, 1.165) is 85.1 Å². The standard InChI is InChI=1S/C28H29N5O2S/c29-17-21-15-20(3-6-26(21)35-23-7-13-36-14-8-23)27-24-16-25(32-28(24)31-18-30-27)19-1-4-22(5-2-19)33-9-11-34-12-10-33/h1,3-6,15-16,18-19,23H,2,7-14H2,(H,30,31,32). The Balaban J connectivity index is 1.24. The molecule has 1 atom stereocenters. The van der Waals surface area contributed by atoms with Gasteiger partial charge in [0, 0.05) is 41.3 Å². The van der Waals surface area contributed by atoms with Gasteiger partial charge in [-0.1, -0.05) is 12.2 Å². The Hall–Kier alpha value is -3.28. The maximum Gasteiger partial charge on any atom is 0.141 e. The maximum absolute atomic E-state index is 9.83. The Morgan fingerprint density at radius 2 is 2.00 bits per heavy atom. The molecule has 2 aromatic heterocycles. The van der Waals surface area contributed by atoms with E-state index in [4.69, 9.17) is 9.47 Å². The van der Waals surface area contributed by atoms with Crippen LogP contribution in [0, 0.1) is 11.3 Å². The number of fused-ring (bicyclic) bond motifs is 1. The third-order valence-corrected chi connectivity index (χ3v) is 8.19. The van der Waals surface area contributed by atoms with Gasteiger partial charge in [0.25, 0.3) is 0 Å². The van der Waals surface area contributed by atoms with Crippen molar-refractivity contribution in [2.75, 3.05) is 37.8 Å². The van der Waals surface area contributed by atoms with Gasteiger partial charge < -0.3 is 19.4 Å². The van der Waals surface area contributed by atoms with E-state index in [1.54, 1.807) is 6.33 Å². The first-order valence-electron chi connectivity index (χ1n) is 12.6. The third-order valence-electron chi connectivity index (χ3n) is 7.14. The van der Waals surface area contributed by atoms with Crippen LogP contribution in [0.15, 0.2) is 54.5 Å². The number of H-pyrrole nitrogens is 1. The number of morpholine rings is 1. The summed E-state index contributed by atoms with van der Waals surface area (Å²) in [4.78, 5) is 15.0. The number of nitrogens with one attached hydrogen (secondary N) is 1. The van der Waals surface area contributed by atoms with Gasteiger partial charge in [-0.25, -0.2) is 9.97 Å². The van der Waals surface area contributed by atoms with Crippen molar-refractivity contribution in [3.63, 3.8) is 0 Å². The summed E-state index contributed by atoms with van der Waals surface area (Å²) in [7, 11) is 0. The number of nitriles is 1. The predicted molar refractivity (Wildman–Crippen MR) is 142 cm³/mol. The summed E-state index contributed by atoms with van der Waals surface area (Å²) in [6.07, 6.45) is 11.6. The molecule has 6 rings (SSSR count). The van der Waals surface area contributed by atoms with Crippen LogP contribution in [0.25, 0.3) is 22.3 Å². The average molecular weight is 500 g/mol. The summed E-state index contributed by atoms with van der Waals surface area (Å²) in [5.74, 6) is 3.14. The second kappa shape index (κ2) is 10.4. The van der Waals surface area contributed by atoms with E-state index in [2.05, 4.69) is 50.2 Å². The first-order valence-corrected chi connectivity index (χ1v) is 13.8. The largest absolute Gasteiger partial charge is 0.489 e. The van der Waals surface area contributed by atoms with Crippen molar-refractivity contribution >= 4 is 22.8 Å². The lowest BCUT2D eigenvalue weighted by Crippen LogP contribution is -2.35. The first-order chi connectivity index (χ1) is 17.8. The highest BCUT2D eigenvalue weighted by Crippen LogP contribution is 2.34. The fraction of sp³-hybridized carbons (Fsp3) is 0.393. The molecule has 8 heteroatoms. The monoisotopic (exact) mass is 499 g/mol. The van der Waals surface area contributed by atoms with Gasteiger partial charge in [0.05, 0.1) is 24.5 Å². The van der Waals surface area contributed by atoms with Crippen LogP contribution in [0.5, 0.6) is 5.75 Å². The van der Waals surface area contributed by atoms with Gasteiger partial charge in [-0.15, -0.1) is 0 Å². The summed E-state index contributed by atoms with van der Waals surface area (Å²) < 4.78 is 11.7. The Bertz CT molecular complexity index is 1350. The number of benzene rings is 1. The van der Waals surface area contributed by atoms with Crippen LogP contribution in [0.1, 0.15) is 36.4 Å². The minimum atomic E-state index is 0.184. The topological polar surface area (TPSA) is 87.1 Å². The Labute approximate surface area is 215 Å². The molecular formula is C28H29N5O2S.